The van der Waals surface area contributed by atoms with E-state index in [1.54, 1.807) is 16.7 Å². The third kappa shape index (κ3) is 4.04. The summed E-state index contributed by atoms with van der Waals surface area (Å²) >= 11 is 0. The minimum Gasteiger partial charge on any atom is -0.338 e. The molecule has 0 bridgehead atoms. The average molecular weight is 405 g/mol. The highest BCUT2D eigenvalue weighted by Gasteiger charge is 2.56. The van der Waals surface area contributed by atoms with Crippen molar-refractivity contribution in [3.8, 4) is 0 Å². The van der Waals surface area contributed by atoms with Crippen molar-refractivity contribution in [2.45, 2.75) is 63.5 Å². The van der Waals surface area contributed by atoms with Gasteiger partial charge in [-0.15, -0.1) is 0 Å². The first-order chi connectivity index (χ1) is 13.9. The smallest absolute Gasteiger partial charge is 0.325 e. The Morgan fingerprint density at radius 1 is 1.00 bits per heavy atom. The van der Waals surface area contributed by atoms with Gasteiger partial charge in [-0.05, 0) is 38.5 Å². The van der Waals surface area contributed by atoms with Crippen molar-refractivity contribution in [1.29, 1.82) is 0 Å². The Morgan fingerprint density at radius 3 is 2.24 bits per heavy atom. The third-order valence-corrected chi connectivity index (χ3v) is 6.84. The summed E-state index contributed by atoms with van der Waals surface area (Å²) in [4.78, 5) is 54.5. The van der Waals surface area contributed by atoms with Crippen LogP contribution >= 0.6 is 0 Å². The van der Waals surface area contributed by atoms with Crippen LogP contribution in [0.4, 0.5) is 9.59 Å². The minimum absolute atomic E-state index is 0.0571. The van der Waals surface area contributed by atoms with Crippen molar-refractivity contribution < 1.29 is 19.2 Å². The molecule has 0 aromatic rings. The van der Waals surface area contributed by atoms with Crippen LogP contribution in [0.5, 0.6) is 0 Å². The van der Waals surface area contributed by atoms with Gasteiger partial charge in [0.05, 0.1) is 0 Å². The highest BCUT2D eigenvalue weighted by molar-refractivity contribution is 6.09. The number of piperazine rings is 1. The lowest BCUT2D eigenvalue weighted by Crippen LogP contribution is -2.56. The molecule has 2 aliphatic heterocycles. The van der Waals surface area contributed by atoms with Crippen LogP contribution in [0.3, 0.4) is 0 Å². The average Bonchev–Trinajstić information content (AvgIpc) is 3.55. The van der Waals surface area contributed by atoms with Gasteiger partial charge in [-0.3, -0.25) is 14.5 Å². The van der Waals surface area contributed by atoms with Gasteiger partial charge in [-0.2, -0.15) is 0 Å². The van der Waals surface area contributed by atoms with E-state index in [1.165, 1.54) is 6.42 Å². The van der Waals surface area contributed by atoms with Crippen molar-refractivity contribution in [2.24, 2.45) is 5.92 Å². The monoisotopic (exact) mass is 405 g/mol. The first-order valence-electron chi connectivity index (χ1n) is 10.9. The van der Waals surface area contributed by atoms with Gasteiger partial charge in [0, 0.05) is 32.2 Å². The van der Waals surface area contributed by atoms with Crippen molar-refractivity contribution in [3.05, 3.63) is 0 Å². The van der Waals surface area contributed by atoms with Crippen LogP contribution in [0, 0.1) is 5.92 Å². The van der Waals surface area contributed by atoms with Crippen LogP contribution in [-0.2, 0) is 9.59 Å². The van der Waals surface area contributed by atoms with Gasteiger partial charge < -0.3 is 20.4 Å². The van der Waals surface area contributed by atoms with Crippen LogP contribution in [0.2, 0.25) is 0 Å². The first kappa shape index (κ1) is 20.0. The molecule has 9 heteroatoms. The normalized spacial score (nSPS) is 28.5. The van der Waals surface area contributed by atoms with E-state index in [2.05, 4.69) is 10.6 Å². The van der Waals surface area contributed by atoms with Crippen molar-refractivity contribution >= 4 is 23.9 Å². The molecule has 0 radical (unpaired) electrons. The van der Waals surface area contributed by atoms with Crippen LogP contribution in [0.15, 0.2) is 0 Å². The number of carbonyl (C=O) groups is 4. The molecular weight excluding hydrogens is 374 g/mol. The fraction of sp³-hybridized carbons (Fsp3) is 0.800. The Labute approximate surface area is 171 Å². The van der Waals surface area contributed by atoms with Crippen molar-refractivity contribution in [3.63, 3.8) is 0 Å². The highest BCUT2D eigenvalue weighted by atomic mass is 16.2. The predicted molar refractivity (Wildman–Crippen MR) is 105 cm³/mol. The molecular formula is C20H31N5O4. The van der Waals surface area contributed by atoms with Crippen LogP contribution in [0.1, 0.15) is 51.9 Å². The molecule has 4 aliphatic rings. The number of rotatable bonds is 4. The van der Waals surface area contributed by atoms with E-state index >= 15 is 0 Å². The molecule has 2 saturated heterocycles. The number of nitrogens with one attached hydrogen (secondary N) is 2. The van der Waals surface area contributed by atoms with E-state index in [-0.39, 0.29) is 36.3 Å². The number of hydrogen-bond donors (Lipinski definition) is 2. The standard InChI is InChI=1S/C20H31N5O4/c1-20(14-7-8-14)17(27)25(19(29)22-20)13-16(26)23-9-11-24(12-10-23)18(28)21-15-5-3-2-4-6-15/h14-15H,2-13H2,1H3,(H,21,28)(H,22,29)/t20-/m0/s1. The van der Waals surface area contributed by atoms with E-state index < -0.39 is 11.6 Å². The Hall–Kier alpha value is -2.32. The van der Waals surface area contributed by atoms with Gasteiger partial charge >= 0.3 is 12.1 Å². The second-order valence-electron chi connectivity index (χ2n) is 8.95. The Balaban J connectivity index is 1.25. The molecule has 0 unspecified atom stereocenters. The molecule has 6 amide bonds. The summed E-state index contributed by atoms with van der Waals surface area (Å²) in [6, 6.07) is -0.280. The number of nitrogens with zero attached hydrogens (tertiary/aromatic N) is 3. The largest absolute Gasteiger partial charge is 0.338 e. The summed E-state index contributed by atoms with van der Waals surface area (Å²) in [5.41, 5.74) is -0.868. The zero-order chi connectivity index (χ0) is 20.6. The molecule has 0 aromatic heterocycles. The molecule has 29 heavy (non-hydrogen) atoms. The SMILES string of the molecule is C[C@@]1(C2CC2)NC(=O)N(CC(=O)N2CCN(C(=O)NC3CCCCC3)CC2)C1=O. The number of imide groups is 1. The summed E-state index contributed by atoms with van der Waals surface area (Å²) < 4.78 is 0. The van der Waals surface area contributed by atoms with Crippen LogP contribution < -0.4 is 10.6 Å². The molecule has 9 nitrogen and oxygen atoms in total. The quantitative estimate of drug-likeness (QED) is 0.678. The summed E-state index contributed by atoms with van der Waals surface area (Å²) in [5, 5.41) is 5.87. The maximum Gasteiger partial charge on any atom is 0.325 e. The van der Waals surface area contributed by atoms with Gasteiger partial charge in [0.2, 0.25) is 5.91 Å². The molecule has 0 spiro atoms. The third-order valence-electron chi connectivity index (χ3n) is 6.84. The summed E-state index contributed by atoms with van der Waals surface area (Å²) in [6.07, 6.45) is 7.49. The lowest BCUT2D eigenvalue weighted by atomic mass is 9.96. The second kappa shape index (κ2) is 7.84. The molecule has 4 fully saturated rings. The number of carbonyl (C=O) groups excluding carboxylic acids is 4. The molecule has 4 rings (SSSR count). The molecule has 2 aliphatic carbocycles. The van der Waals surface area contributed by atoms with E-state index in [1.807, 2.05) is 0 Å². The van der Waals surface area contributed by atoms with Gasteiger partial charge in [0.25, 0.3) is 5.91 Å². The van der Waals surface area contributed by atoms with Gasteiger partial charge in [0.1, 0.15) is 12.1 Å². The van der Waals surface area contributed by atoms with Gasteiger partial charge in [0.15, 0.2) is 0 Å². The second-order valence-corrected chi connectivity index (χ2v) is 8.95. The molecule has 2 heterocycles. The Kier molecular flexibility index (Phi) is 5.40. The van der Waals surface area contributed by atoms with Crippen molar-refractivity contribution in [2.75, 3.05) is 32.7 Å². The Morgan fingerprint density at radius 2 is 1.62 bits per heavy atom. The Bertz CT molecular complexity index is 695. The zero-order valence-corrected chi connectivity index (χ0v) is 17.1. The molecule has 160 valence electrons. The first-order valence-corrected chi connectivity index (χ1v) is 10.9. The van der Waals surface area contributed by atoms with E-state index in [4.69, 9.17) is 0 Å². The summed E-state index contributed by atoms with van der Waals surface area (Å²) in [5.74, 6) is -0.380. The molecule has 0 aromatic carbocycles. The van der Waals surface area contributed by atoms with E-state index in [9.17, 15) is 19.2 Å². The predicted octanol–water partition coefficient (Wildman–Crippen LogP) is 0.893. The lowest BCUT2D eigenvalue weighted by Gasteiger charge is -2.36. The number of hydrogen-bond acceptors (Lipinski definition) is 4. The zero-order valence-electron chi connectivity index (χ0n) is 17.1. The fourth-order valence-corrected chi connectivity index (χ4v) is 4.70. The molecule has 2 N–H and O–H groups in total. The van der Waals surface area contributed by atoms with Crippen LogP contribution in [-0.4, -0.2) is 82.9 Å². The summed E-state index contributed by atoms with van der Waals surface area (Å²) in [6.45, 7) is 3.27. The fourth-order valence-electron chi connectivity index (χ4n) is 4.70. The number of amides is 6. The maximum atomic E-state index is 12.7. The van der Waals surface area contributed by atoms with Gasteiger partial charge in [-0.25, -0.2) is 9.59 Å². The minimum atomic E-state index is -0.868. The van der Waals surface area contributed by atoms with Crippen molar-refractivity contribution in [1.82, 2.24) is 25.3 Å². The van der Waals surface area contributed by atoms with E-state index in [0.717, 1.165) is 43.4 Å². The highest BCUT2D eigenvalue weighted by Crippen LogP contribution is 2.42. The molecule has 2 saturated carbocycles. The van der Waals surface area contributed by atoms with Gasteiger partial charge in [-0.1, -0.05) is 19.3 Å². The van der Waals surface area contributed by atoms with E-state index in [0.29, 0.717) is 26.2 Å². The topological polar surface area (TPSA) is 102 Å². The summed E-state index contributed by atoms with van der Waals surface area (Å²) in [7, 11) is 0. The number of urea groups is 2. The van der Waals surface area contributed by atoms with Crippen LogP contribution in [0.25, 0.3) is 0 Å². The molecule has 1 atom stereocenters. The lowest BCUT2D eigenvalue weighted by molar-refractivity contribution is -0.139. The maximum absolute atomic E-state index is 12.7.